The molecule has 2 heteroatoms. The van der Waals surface area contributed by atoms with E-state index in [2.05, 4.69) is 44.3 Å². The first-order valence-corrected chi connectivity index (χ1v) is 6.49. The monoisotopic (exact) mass is 231 g/mol. The van der Waals surface area contributed by atoms with Gasteiger partial charge in [0, 0.05) is 6.54 Å². The van der Waals surface area contributed by atoms with E-state index in [-0.39, 0.29) is 11.0 Å². The third-order valence-corrected chi connectivity index (χ3v) is 4.03. The van der Waals surface area contributed by atoms with E-state index in [1.165, 1.54) is 11.1 Å². The van der Waals surface area contributed by atoms with E-state index in [1.807, 2.05) is 0 Å². The molecule has 1 saturated heterocycles. The van der Waals surface area contributed by atoms with Gasteiger partial charge in [0.15, 0.2) is 0 Å². The van der Waals surface area contributed by atoms with E-state index in [9.17, 15) is 0 Å². The third-order valence-electron chi connectivity index (χ3n) is 4.03. The Balaban J connectivity index is 2.14. The normalized spacial score (nSPS) is 22.1. The van der Waals surface area contributed by atoms with E-state index in [0.717, 1.165) is 26.2 Å². The van der Waals surface area contributed by atoms with Crippen LogP contribution in [0.25, 0.3) is 0 Å². The highest BCUT2D eigenvalue weighted by Crippen LogP contribution is 2.39. The predicted molar refractivity (Wildman–Crippen MR) is 69.3 cm³/mol. The van der Waals surface area contributed by atoms with Crippen molar-refractivity contribution >= 4 is 0 Å². The molecule has 2 heterocycles. The van der Waals surface area contributed by atoms with Gasteiger partial charge < -0.3 is 10.1 Å². The van der Waals surface area contributed by atoms with Crippen LogP contribution in [0.15, 0.2) is 18.2 Å². The molecule has 1 spiro atoms. The average Bonchev–Trinajstić information content (AvgIpc) is 2.24. The van der Waals surface area contributed by atoms with Crippen LogP contribution in [0, 0.1) is 0 Å². The van der Waals surface area contributed by atoms with Crippen molar-refractivity contribution in [2.24, 2.45) is 0 Å². The van der Waals surface area contributed by atoms with Gasteiger partial charge >= 0.3 is 0 Å². The van der Waals surface area contributed by atoms with Gasteiger partial charge in [-0.2, -0.15) is 0 Å². The molecular formula is C15H21NO. The first kappa shape index (κ1) is 11.2. The third kappa shape index (κ3) is 1.62. The van der Waals surface area contributed by atoms with Crippen molar-refractivity contribution in [3.63, 3.8) is 0 Å². The quantitative estimate of drug-likeness (QED) is 0.740. The summed E-state index contributed by atoms with van der Waals surface area (Å²) in [6, 6.07) is 6.77. The van der Waals surface area contributed by atoms with Gasteiger partial charge in [0.2, 0.25) is 0 Å². The molecule has 0 aliphatic carbocycles. The summed E-state index contributed by atoms with van der Waals surface area (Å²) in [7, 11) is 0. The molecule has 3 rings (SSSR count). The summed E-state index contributed by atoms with van der Waals surface area (Å²) in [6.07, 6.45) is 1.14. The fraction of sp³-hybridized carbons (Fsp3) is 0.600. The second kappa shape index (κ2) is 3.56. The molecule has 0 bridgehead atoms. The molecule has 1 fully saturated rings. The number of hydrogen-bond donors (Lipinski definition) is 1. The van der Waals surface area contributed by atoms with Gasteiger partial charge in [0.25, 0.3) is 0 Å². The number of benzene rings is 1. The maximum absolute atomic E-state index is 5.44. The van der Waals surface area contributed by atoms with Crippen LogP contribution in [0.1, 0.15) is 37.5 Å². The lowest BCUT2D eigenvalue weighted by Crippen LogP contribution is -2.60. The zero-order valence-corrected chi connectivity index (χ0v) is 11.0. The van der Waals surface area contributed by atoms with Gasteiger partial charge in [-0.1, -0.05) is 39.0 Å². The molecule has 17 heavy (non-hydrogen) atoms. The molecule has 2 aliphatic heterocycles. The summed E-state index contributed by atoms with van der Waals surface area (Å²) in [6.45, 7) is 9.63. The van der Waals surface area contributed by atoms with Crippen LogP contribution in [0.3, 0.4) is 0 Å². The van der Waals surface area contributed by atoms with E-state index in [1.54, 1.807) is 5.56 Å². The van der Waals surface area contributed by atoms with Crippen molar-refractivity contribution < 1.29 is 4.74 Å². The SMILES string of the molecule is CC(C)(C)c1cccc2c1CCNC21COC1. The first-order valence-electron chi connectivity index (χ1n) is 6.49. The van der Waals surface area contributed by atoms with E-state index >= 15 is 0 Å². The van der Waals surface area contributed by atoms with Crippen molar-refractivity contribution in [1.82, 2.24) is 5.32 Å². The Kier molecular flexibility index (Phi) is 2.36. The van der Waals surface area contributed by atoms with Gasteiger partial charge in [0.05, 0.1) is 18.8 Å². The molecule has 2 aliphatic rings. The fourth-order valence-electron chi connectivity index (χ4n) is 3.09. The van der Waals surface area contributed by atoms with Gasteiger partial charge in [-0.25, -0.2) is 0 Å². The van der Waals surface area contributed by atoms with Crippen LogP contribution in [0.5, 0.6) is 0 Å². The summed E-state index contributed by atoms with van der Waals surface area (Å²) < 4.78 is 5.44. The highest BCUT2D eigenvalue weighted by atomic mass is 16.5. The minimum Gasteiger partial charge on any atom is -0.377 e. The maximum atomic E-state index is 5.44. The Bertz CT molecular complexity index is 441. The molecule has 92 valence electrons. The lowest BCUT2D eigenvalue weighted by Gasteiger charge is -2.47. The lowest BCUT2D eigenvalue weighted by molar-refractivity contribution is -0.0815. The molecule has 0 saturated carbocycles. The highest BCUT2D eigenvalue weighted by Gasteiger charge is 2.44. The second-order valence-corrected chi connectivity index (χ2v) is 6.33. The molecule has 0 amide bonds. The lowest BCUT2D eigenvalue weighted by atomic mass is 9.74. The Morgan fingerprint density at radius 3 is 2.59 bits per heavy atom. The zero-order chi connectivity index (χ0) is 12.1. The smallest absolute Gasteiger partial charge is 0.0911 e. The molecule has 0 radical (unpaired) electrons. The Morgan fingerprint density at radius 1 is 1.24 bits per heavy atom. The minimum atomic E-state index is 0.120. The maximum Gasteiger partial charge on any atom is 0.0911 e. The van der Waals surface area contributed by atoms with Crippen LogP contribution >= 0.6 is 0 Å². The molecule has 1 aromatic carbocycles. The van der Waals surface area contributed by atoms with E-state index in [0.29, 0.717) is 0 Å². The number of ether oxygens (including phenoxy) is 1. The minimum absolute atomic E-state index is 0.120. The molecule has 0 atom stereocenters. The molecule has 0 aromatic heterocycles. The Morgan fingerprint density at radius 2 is 2.00 bits per heavy atom. The van der Waals surface area contributed by atoms with Crippen molar-refractivity contribution in [3.05, 3.63) is 34.9 Å². The Labute approximate surface area is 103 Å². The van der Waals surface area contributed by atoms with Crippen LogP contribution in [0.4, 0.5) is 0 Å². The van der Waals surface area contributed by atoms with E-state index in [4.69, 9.17) is 4.74 Å². The van der Waals surface area contributed by atoms with Crippen molar-refractivity contribution in [1.29, 1.82) is 0 Å². The highest BCUT2D eigenvalue weighted by molar-refractivity contribution is 5.45. The van der Waals surface area contributed by atoms with Crippen LogP contribution in [-0.2, 0) is 22.1 Å². The van der Waals surface area contributed by atoms with Gasteiger partial charge in [-0.15, -0.1) is 0 Å². The number of hydrogen-bond acceptors (Lipinski definition) is 2. The van der Waals surface area contributed by atoms with Crippen LogP contribution < -0.4 is 5.32 Å². The zero-order valence-electron chi connectivity index (χ0n) is 11.0. The Hall–Kier alpha value is -0.860. The fourth-order valence-corrected chi connectivity index (χ4v) is 3.09. The van der Waals surface area contributed by atoms with Gasteiger partial charge in [-0.05, 0) is 28.5 Å². The van der Waals surface area contributed by atoms with Crippen molar-refractivity contribution in [2.75, 3.05) is 19.8 Å². The van der Waals surface area contributed by atoms with Crippen LogP contribution in [-0.4, -0.2) is 19.8 Å². The number of fused-ring (bicyclic) bond motifs is 2. The topological polar surface area (TPSA) is 21.3 Å². The molecule has 2 nitrogen and oxygen atoms in total. The second-order valence-electron chi connectivity index (χ2n) is 6.33. The van der Waals surface area contributed by atoms with E-state index < -0.39 is 0 Å². The molecule has 1 aromatic rings. The summed E-state index contributed by atoms with van der Waals surface area (Å²) in [5.41, 5.74) is 4.89. The average molecular weight is 231 g/mol. The molecule has 0 unspecified atom stereocenters. The summed E-state index contributed by atoms with van der Waals surface area (Å²) in [4.78, 5) is 0. The van der Waals surface area contributed by atoms with Crippen molar-refractivity contribution in [2.45, 2.75) is 38.1 Å². The van der Waals surface area contributed by atoms with Crippen molar-refractivity contribution in [3.8, 4) is 0 Å². The predicted octanol–water partition coefficient (Wildman–Crippen LogP) is 2.36. The van der Waals surface area contributed by atoms with Gasteiger partial charge in [-0.3, -0.25) is 0 Å². The summed E-state index contributed by atoms with van der Waals surface area (Å²) >= 11 is 0. The molecular weight excluding hydrogens is 210 g/mol. The first-order chi connectivity index (χ1) is 8.03. The van der Waals surface area contributed by atoms with Crippen LogP contribution in [0.2, 0.25) is 0 Å². The summed E-state index contributed by atoms with van der Waals surface area (Å²) in [5.74, 6) is 0. The largest absolute Gasteiger partial charge is 0.377 e. The van der Waals surface area contributed by atoms with Gasteiger partial charge in [0.1, 0.15) is 0 Å². The molecule has 1 N–H and O–H groups in total. The number of nitrogens with one attached hydrogen (secondary N) is 1. The number of rotatable bonds is 0. The standard InChI is InChI=1S/C15H21NO/c1-14(2,3)12-5-4-6-13-11(12)7-8-16-15(13)9-17-10-15/h4-6,16H,7-10H2,1-3H3. The summed E-state index contributed by atoms with van der Waals surface area (Å²) in [5, 5.41) is 3.64.